The molecule has 4 heteroatoms. The molecular formula is C19H23F3O. The second-order valence-corrected chi connectivity index (χ2v) is 6.85. The number of halogens is 3. The van der Waals surface area contributed by atoms with Crippen molar-refractivity contribution in [3.8, 4) is 5.75 Å². The highest BCUT2D eigenvalue weighted by Gasteiger charge is 2.31. The molecule has 1 aromatic rings. The van der Waals surface area contributed by atoms with Crippen LogP contribution in [-0.2, 0) is 0 Å². The Bertz CT molecular complexity index is 533. The molecule has 0 amide bonds. The van der Waals surface area contributed by atoms with E-state index in [1.165, 1.54) is 57.1 Å². The second kappa shape index (κ2) is 6.98. The molecule has 1 aromatic carbocycles. The zero-order chi connectivity index (χ0) is 16.3. The normalized spacial score (nSPS) is 28.6. The number of rotatable bonds is 3. The van der Waals surface area contributed by atoms with Crippen LogP contribution < -0.4 is 4.74 Å². The van der Waals surface area contributed by atoms with E-state index in [2.05, 4.69) is 10.8 Å². The molecule has 2 fully saturated rings. The topological polar surface area (TPSA) is 9.23 Å². The molecule has 0 aliphatic heterocycles. The van der Waals surface area contributed by atoms with Gasteiger partial charge in [-0.2, -0.15) is 0 Å². The summed E-state index contributed by atoms with van der Waals surface area (Å²) in [5.41, 5.74) is 0.922. The maximum absolute atomic E-state index is 12.1. The number of ether oxygens (including phenoxy) is 1. The van der Waals surface area contributed by atoms with Crippen LogP contribution >= 0.6 is 0 Å². The molecule has 0 bridgehead atoms. The number of alkyl halides is 3. The van der Waals surface area contributed by atoms with Crippen molar-refractivity contribution in [2.45, 2.75) is 51.3 Å². The monoisotopic (exact) mass is 324 g/mol. The molecule has 0 aromatic heterocycles. The number of benzene rings is 1. The summed E-state index contributed by atoms with van der Waals surface area (Å²) in [6, 6.07) is 6.07. The molecule has 0 saturated heterocycles. The highest BCUT2D eigenvalue weighted by atomic mass is 19.4. The van der Waals surface area contributed by atoms with E-state index in [0.717, 1.165) is 17.4 Å². The minimum Gasteiger partial charge on any atom is -0.406 e. The summed E-state index contributed by atoms with van der Waals surface area (Å²) in [7, 11) is 0. The predicted molar refractivity (Wildman–Crippen MR) is 84.9 cm³/mol. The molecule has 1 nitrogen and oxygen atoms in total. The Morgan fingerprint density at radius 1 is 0.913 bits per heavy atom. The van der Waals surface area contributed by atoms with Crippen molar-refractivity contribution >= 4 is 6.08 Å². The number of fused-ring (bicyclic) bond motifs is 1. The van der Waals surface area contributed by atoms with Crippen LogP contribution in [0.2, 0.25) is 0 Å². The maximum atomic E-state index is 12.1. The summed E-state index contributed by atoms with van der Waals surface area (Å²) in [5, 5.41) is 0. The molecular weight excluding hydrogens is 301 g/mol. The summed E-state index contributed by atoms with van der Waals surface area (Å²) in [4.78, 5) is 0. The summed E-state index contributed by atoms with van der Waals surface area (Å²) >= 11 is 0. The molecule has 3 atom stereocenters. The smallest absolute Gasteiger partial charge is 0.406 e. The van der Waals surface area contributed by atoms with Crippen molar-refractivity contribution in [1.82, 2.24) is 0 Å². The molecule has 2 aliphatic rings. The van der Waals surface area contributed by atoms with Gasteiger partial charge in [-0.3, -0.25) is 0 Å². The molecule has 0 N–H and O–H groups in total. The van der Waals surface area contributed by atoms with E-state index in [-0.39, 0.29) is 5.75 Å². The van der Waals surface area contributed by atoms with Crippen LogP contribution in [0.3, 0.4) is 0 Å². The first-order chi connectivity index (χ1) is 11.0. The highest BCUT2D eigenvalue weighted by Crippen LogP contribution is 2.43. The van der Waals surface area contributed by atoms with E-state index in [4.69, 9.17) is 0 Å². The van der Waals surface area contributed by atoms with Gasteiger partial charge >= 0.3 is 6.36 Å². The number of allylic oxidation sites excluding steroid dienone is 1. The highest BCUT2D eigenvalue weighted by molar-refractivity contribution is 5.50. The van der Waals surface area contributed by atoms with Crippen LogP contribution in [0.4, 0.5) is 13.2 Å². The molecule has 0 spiro atoms. The average Bonchev–Trinajstić information content (AvgIpc) is 2.52. The van der Waals surface area contributed by atoms with Gasteiger partial charge in [-0.25, -0.2) is 0 Å². The van der Waals surface area contributed by atoms with E-state index >= 15 is 0 Å². The van der Waals surface area contributed by atoms with E-state index in [1.54, 1.807) is 12.1 Å². The van der Waals surface area contributed by atoms with Gasteiger partial charge in [-0.1, -0.05) is 50.0 Å². The fourth-order valence-corrected chi connectivity index (χ4v) is 4.11. The van der Waals surface area contributed by atoms with E-state index in [1.807, 2.05) is 6.08 Å². The van der Waals surface area contributed by atoms with Crippen LogP contribution in [0.5, 0.6) is 5.75 Å². The Kier molecular flexibility index (Phi) is 4.98. The van der Waals surface area contributed by atoms with E-state index in [0.29, 0.717) is 5.92 Å². The van der Waals surface area contributed by atoms with Gasteiger partial charge in [-0.15, -0.1) is 13.2 Å². The number of hydrogen-bond donors (Lipinski definition) is 0. The molecule has 3 rings (SSSR count). The maximum Gasteiger partial charge on any atom is 0.573 e. The minimum atomic E-state index is -4.63. The van der Waals surface area contributed by atoms with Gasteiger partial charge in [0.2, 0.25) is 0 Å². The lowest BCUT2D eigenvalue weighted by atomic mass is 9.67. The summed E-state index contributed by atoms with van der Waals surface area (Å²) < 4.78 is 40.3. The Morgan fingerprint density at radius 2 is 1.61 bits per heavy atom. The molecule has 0 heterocycles. The Labute approximate surface area is 135 Å². The van der Waals surface area contributed by atoms with Crippen molar-refractivity contribution in [1.29, 1.82) is 0 Å². The standard InChI is InChI=1S/C19H23F3O/c20-19(21,22)23-18-11-8-14(9-12-18)5-6-15-7-10-16-3-1-2-4-17(16)13-15/h5-6,8-9,11-12,15-17H,1-4,7,10,13H2/b6-5+. The van der Waals surface area contributed by atoms with Crippen LogP contribution in [0.1, 0.15) is 50.5 Å². The summed E-state index contributed by atoms with van der Waals surface area (Å²) in [6.45, 7) is 0. The van der Waals surface area contributed by atoms with Crippen LogP contribution in [0.15, 0.2) is 30.3 Å². The zero-order valence-electron chi connectivity index (χ0n) is 13.2. The van der Waals surface area contributed by atoms with E-state index < -0.39 is 6.36 Å². The molecule has 23 heavy (non-hydrogen) atoms. The predicted octanol–water partition coefficient (Wildman–Crippen LogP) is 6.20. The van der Waals surface area contributed by atoms with Crippen LogP contribution in [0.25, 0.3) is 6.08 Å². The third kappa shape index (κ3) is 4.76. The molecule has 0 radical (unpaired) electrons. The minimum absolute atomic E-state index is 0.169. The van der Waals surface area contributed by atoms with Gasteiger partial charge < -0.3 is 4.74 Å². The van der Waals surface area contributed by atoms with Crippen LogP contribution in [0, 0.1) is 17.8 Å². The Balaban J connectivity index is 1.55. The lowest BCUT2D eigenvalue weighted by Gasteiger charge is -2.38. The summed E-state index contributed by atoms with van der Waals surface area (Å²) in [6.07, 6.45) is 9.04. The molecule has 2 saturated carbocycles. The van der Waals surface area contributed by atoms with Crippen molar-refractivity contribution < 1.29 is 17.9 Å². The van der Waals surface area contributed by atoms with Crippen molar-refractivity contribution in [3.05, 3.63) is 35.9 Å². The first-order valence-corrected chi connectivity index (χ1v) is 8.53. The largest absolute Gasteiger partial charge is 0.573 e. The van der Waals surface area contributed by atoms with Gasteiger partial charge in [0.1, 0.15) is 5.75 Å². The van der Waals surface area contributed by atoms with Gasteiger partial charge in [0.25, 0.3) is 0 Å². The quantitative estimate of drug-likeness (QED) is 0.642. The average molecular weight is 324 g/mol. The molecule has 126 valence electrons. The van der Waals surface area contributed by atoms with Gasteiger partial charge in [0, 0.05) is 0 Å². The SMILES string of the molecule is FC(F)(F)Oc1ccc(/C=C/C2CCC3CCCCC3C2)cc1. The lowest BCUT2D eigenvalue weighted by Crippen LogP contribution is -2.26. The third-order valence-corrected chi connectivity index (χ3v) is 5.25. The second-order valence-electron chi connectivity index (χ2n) is 6.85. The van der Waals surface area contributed by atoms with E-state index in [9.17, 15) is 13.2 Å². The third-order valence-electron chi connectivity index (χ3n) is 5.25. The first-order valence-electron chi connectivity index (χ1n) is 8.53. The zero-order valence-corrected chi connectivity index (χ0v) is 13.2. The van der Waals surface area contributed by atoms with Gasteiger partial charge in [0.05, 0.1) is 0 Å². The Hall–Kier alpha value is -1.45. The summed E-state index contributed by atoms with van der Waals surface area (Å²) in [5.74, 6) is 2.26. The number of hydrogen-bond acceptors (Lipinski definition) is 1. The van der Waals surface area contributed by atoms with Gasteiger partial charge in [0.15, 0.2) is 0 Å². The molecule has 3 unspecified atom stereocenters. The fourth-order valence-electron chi connectivity index (χ4n) is 4.11. The van der Waals surface area contributed by atoms with Crippen LogP contribution in [-0.4, -0.2) is 6.36 Å². The van der Waals surface area contributed by atoms with Crippen molar-refractivity contribution in [3.63, 3.8) is 0 Å². The van der Waals surface area contributed by atoms with Crippen molar-refractivity contribution in [2.75, 3.05) is 0 Å². The molecule has 2 aliphatic carbocycles. The lowest BCUT2D eigenvalue weighted by molar-refractivity contribution is -0.274. The van der Waals surface area contributed by atoms with Gasteiger partial charge in [-0.05, 0) is 54.7 Å². The van der Waals surface area contributed by atoms with Crippen molar-refractivity contribution in [2.24, 2.45) is 17.8 Å². The Morgan fingerprint density at radius 3 is 2.30 bits per heavy atom. The first kappa shape index (κ1) is 16.4. The fraction of sp³-hybridized carbons (Fsp3) is 0.579.